The zero-order valence-electron chi connectivity index (χ0n) is 22.2. The van der Waals surface area contributed by atoms with Crippen molar-refractivity contribution < 1.29 is 9.53 Å². The maximum Gasteiger partial charge on any atom is 0.319 e. The van der Waals surface area contributed by atoms with Crippen LogP contribution in [0.3, 0.4) is 0 Å². The normalized spacial score (nSPS) is 10.8. The highest BCUT2D eigenvalue weighted by Gasteiger charge is 2.16. The second-order valence-corrected chi connectivity index (χ2v) is 8.85. The van der Waals surface area contributed by atoms with Crippen molar-refractivity contribution in [3.05, 3.63) is 60.6 Å². The van der Waals surface area contributed by atoms with E-state index in [0.717, 1.165) is 73.6 Å². The Kier molecular flexibility index (Phi) is 10.7. The number of carbonyl (C=O) groups excluding carboxylic acids is 1. The Morgan fingerprint density at radius 3 is 2.50 bits per heavy atom. The van der Waals surface area contributed by atoms with Gasteiger partial charge in [0.25, 0.3) is 0 Å². The summed E-state index contributed by atoms with van der Waals surface area (Å²) in [6.45, 7) is 12.2. The fourth-order valence-electron chi connectivity index (χ4n) is 4.29. The van der Waals surface area contributed by atoms with E-state index in [0.29, 0.717) is 18.9 Å². The van der Waals surface area contributed by atoms with Crippen LogP contribution >= 0.6 is 0 Å². The van der Waals surface area contributed by atoms with E-state index < -0.39 is 0 Å². The molecule has 1 heterocycles. The molecule has 0 fully saturated rings. The molecule has 2 N–H and O–H groups in total. The number of ether oxygens (including phenoxy) is 1. The maximum absolute atomic E-state index is 12.6. The largest absolute Gasteiger partial charge is 0.491 e. The van der Waals surface area contributed by atoms with E-state index in [2.05, 4.69) is 64.9 Å². The lowest BCUT2D eigenvalue weighted by atomic mass is 10.1. The van der Waals surface area contributed by atoms with Crippen molar-refractivity contribution in [1.82, 2.24) is 14.9 Å². The number of amides is 2. The molecular formula is C29H41N5O2. The van der Waals surface area contributed by atoms with Crippen molar-refractivity contribution in [2.75, 3.05) is 36.5 Å². The monoisotopic (exact) mass is 491 g/mol. The molecule has 3 aromatic rings. The number of nitrogens with zero attached hydrogens (tertiary/aromatic N) is 3. The average Bonchev–Trinajstić information content (AvgIpc) is 3.27. The van der Waals surface area contributed by atoms with Crippen LogP contribution in [0.2, 0.25) is 0 Å². The minimum atomic E-state index is -0.196. The zero-order valence-corrected chi connectivity index (χ0v) is 22.2. The number of aryl methyl sites for hydroxylation is 1. The van der Waals surface area contributed by atoms with Crippen molar-refractivity contribution in [2.45, 2.75) is 59.9 Å². The lowest BCUT2D eigenvalue weighted by molar-refractivity contribution is 0.251. The van der Waals surface area contributed by atoms with E-state index in [1.165, 1.54) is 0 Å². The fraction of sp³-hybridized carbons (Fsp3) is 0.448. The molecular weight excluding hydrogens is 450 g/mol. The summed E-state index contributed by atoms with van der Waals surface area (Å²) < 4.78 is 8.38. The molecule has 1 aromatic heterocycles. The lowest BCUT2D eigenvalue weighted by Crippen LogP contribution is -2.31. The second kappa shape index (κ2) is 14.2. The molecule has 0 spiro atoms. The number of nitrogens with one attached hydrogen (secondary N) is 2. The molecule has 0 saturated carbocycles. The first-order valence-electron chi connectivity index (χ1n) is 13.2. The summed E-state index contributed by atoms with van der Waals surface area (Å²) in [5.41, 5.74) is 4.98. The van der Waals surface area contributed by atoms with Crippen molar-refractivity contribution in [3.63, 3.8) is 0 Å². The maximum atomic E-state index is 12.6. The minimum absolute atomic E-state index is 0.196. The third-order valence-corrected chi connectivity index (χ3v) is 6.36. The quantitative estimate of drug-likeness (QED) is 0.253. The highest BCUT2D eigenvalue weighted by atomic mass is 16.5. The van der Waals surface area contributed by atoms with Crippen molar-refractivity contribution in [3.8, 4) is 17.0 Å². The van der Waals surface area contributed by atoms with Gasteiger partial charge in [-0.2, -0.15) is 0 Å². The minimum Gasteiger partial charge on any atom is -0.491 e. The Morgan fingerprint density at radius 1 is 1.00 bits per heavy atom. The first kappa shape index (κ1) is 27.1. The number of aromatic nitrogens is 2. The van der Waals surface area contributed by atoms with Gasteiger partial charge in [0, 0.05) is 37.4 Å². The van der Waals surface area contributed by atoms with E-state index in [1.807, 2.05) is 42.7 Å². The van der Waals surface area contributed by atoms with Crippen LogP contribution in [0.5, 0.6) is 5.75 Å². The molecule has 0 radical (unpaired) electrons. The first-order chi connectivity index (χ1) is 17.6. The number of anilines is 2. The SMILES string of the molecule is CCCCCNC(=O)Nc1c(OCCCn2cnc(-c3ccccc3)c2C)cccc1N(CC)CC. The number of urea groups is 1. The number of benzene rings is 2. The summed E-state index contributed by atoms with van der Waals surface area (Å²) in [7, 11) is 0. The third kappa shape index (κ3) is 7.26. The molecule has 0 aliphatic carbocycles. The number of imidazole rings is 1. The summed E-state index contributed by atoms with van der Waals surface area (Å²) in [4.78, 5) is 19.5. The molecule has 0 atom stereocenters. The summed E-state index contributed by atoms with van der Waals surface area (Å²) in [6, 6.07) is 16.0. The number of unbranched alkanes of at least 4 members (excludes halogenated alkanes) is 2. The Hall–Kier alpha value is -3.48. The zero-order chi connectivity index (χ0) is 25.8. The van der Waals surface area contributed by atoms with E-state index in [9.17, 15) is 4.79 Å². The highest BCUT2D eigenvalue weighted by molar-refractivity contribution is 5.95. The molecule has 2 aromatic carbocycles. The van der Waals surface area contributed by atoms with Crippen LogP contribution in [0.4, 0.5) is 16.2 Å². The van der Waals surface area contributed by atoms with Gasteiger partial charge in [0.2, 0.25) is 0 Å². The standard InChI is InChI=1S/C29H41N5O2/c1-5-8-12-19-30-29(35)32-28-25(33(6-2)7-3)17-13-18-26(28)36-21-14-20-34-22-31-27(23(34)4)24-15-10-9-11-16-24/h9-11,13,15-18,22H,5-8,12,14,19-21H2,1-4H3,(H2,30,32,35). The van der Waals surface area contributed by atoms with E-state index in [4.69, 9.17) is 4.74 Å². The molecule has 7 nitrogen and oxygen atoms in total. The first-order valence-corrected chi connectivity index (χ1v) is 13.2. The van der Waals surface area contributed by atoms with E-state index in [-0.39, 0.29) is 6.03 Å². The lowest BCUT2D eigenvalue weighted by Gasteiger charge is -2.26. The van der Waals surface area contributed by atoms with Gasteiger partial charge in [0.1, 0.15) is 11.4 Å². The summed E-state index contributed by atoms with van der Waals surface area (Å²) in [5, 5.41) is 6.03. The second-order valence-electron chi connectivity index (χ2n) is 8.85. The Bertz CT molecular complexity index is 1080. The van der Waals surface area contributed by atoms with Gasteiger partial charge >= 0.3 is 6.03 Å². The van der Waals surface area contributed by atoms with Crippen molar-refractivity contribution in [1.29, 1.82) is 0 Å². The molecule has 0 aliphatic heterocycles. The van der Waals surface area contributed by atoms with Gasteiger partial charge in [-0.25, -0.2) is 9.78 Å². The van der Waals surface area contributed by atoms with Gasteiger partial charge in [0.05, 0.1) is 24.3 Å². The molecule has 3 rings (SSSR count). The van der Waals surface area contributed by atoms with Gasteiger partial charge in [-0.1, -0.05) is 56.2 Å². The Balaban J connectivity index is 1.65. The predicted octanol–water partition coefficient (Wildman–Crippen LogP) is 6.49. The van der Waals surface area contributed by atoms with Crippen LogP contribution in [0, 0.1) is 6.92 Å². The fourth-order valence-corrected chi connectivity index (χ4v) is 4.29. The predicted molar refractivity (Wildman–Crippen MR) is 149 cm³/mol. The number of hydrogen-bond donors (Lipinski definition) is 2. The molecule has 0 aliphatic rings. The molecule has 0 saturated heterocycles. The van der Waals surface area contributed by atoms with Crippen LogP contribution < -0.4 is 20.3 Å². The van der Waals surface area contributed by atoms with Gasteiger partial charge in [-0.15, -0.1) is 0 Å². The molecule has 0 bridgehead atoms. The van der Waals surface area contributed by atoms with Crippen LogP contribution in [-0.4, -0.2) is 41.8 Å². The summed E-state index contributed by atoms with van der Waals surface area (Å²) in [6.07, 6.45) is 5.93. The van der Waals surface area contributed by atoms with Crippen LogP contribution in [0.1, 0.15) is 52.1 Å². The van der Waals surface area contributed by atoms with Crippen LogP contribution in [0.15, 0.2) is 54.9 Å². The van der Waals surface area contributed by atoms with Gasteiger partial charge in [0.15, 0.2) is 0 Å². The van der Waals surface area contributed by atoms with Crippen LogP contribution in [-0.2, 0) is 6.54 Å². The van der Waals surface area contributed by atoms with Gasteiger partial charge in [-0.05, 0) is 45.7 Å². The average molecular weight is 492 g/mol. The van der Waals surface area contributed by atoms with Crippen molar-refractivity contribution in [2.24, 2.45) is 0 Å². The number of carbonyl (C=O) groups is 1. The highest BCUT2D eigenvalue weighted by Crippen LogP contribution is 2.35. The summed E-state index contributed by atoms with van der Waals surface area (Å²) in [5.74, 6) is 0.690. The number of hydrogen-bond acceptors (Lipinski definition) is 4. The Morgan fingerprint density at radius 2 is 1.78 bits per heavy atom. The summed E-state index contributed by atoms with van der Waals surface area (Å²) >= 11 is 0. The molecule has 194 valence electrons. The molecule has 7 heteroatoms. The Labute approximate surface area is 215 Å². The van der Waals surface area contributed by atoms with E-state index >= 15 is 0 Å². The molecule has 2 amide bonds. The van der Waals surface area contributed by atoms with Crippen molar-refractivity contribution >= 4 is 17.4 Å². The van der Waals surface area contributed by atoms with E-state index in [1.54, 1.807) is 0 Å². The number of rotatable bonds is 14. The molecule has 0 unspecified atom stereocenters. The smallest absolute Gasteiger partial charge is 0.319 e. The topological polar surface area (TPSA) is 71.4 Å². The van der Waals surface area contributed by atoms with Gasteiger partial charge in [-0.3, -0.25) is 0 Å². The third-order valence-electron chi connectivity index (χ3n) is 6.36. The van der Waals surface area contributed by atoms with Gasteiger partial charge < -0.3 is 24.8 Å². The van der Waals surface area contributed by atoms with Crippen LogP contribution in [0.25, 0.3) is 11.3 Å². The number of para-hydroxylation sites is 1. The molecule has 36 heavy (non-hydrogen) atoms.